The van der Waals surface area contributed by atoms with Crippen molar-refractivity contribution in [3.63, 3.8) is 0 Å². The van der Waals surface area contributed by atoms with Gasteiger partial charge in [0, 0.05) is 47.9 Å². The molecule has 38 heavy (non-hydrogen) atoms. The number of ether oxygens (including phenoxy) is 3. The van der Waals surface area contributed by atoms with Gasteiger partial charge in [-0.1, -0.05) is 12.1 Å². The summed E-state index contributed by atoms with van der Waals surface area (Å²) in [6.45, 7) is 3.45. The van der Waals surface area contributed by atoms with Crippen molar-refractivity contribution in [2.24, 2.45) is 5.92 Å². The van der Waals surface area contributed by atoms with Gasteiger partial charge in [0.15, 0.2) is 0 Å². The SMILES string of the molecule is COC[C@@H](Oc1cc(C[C@@H]2C[S@@](=O)C[C@H](NCc3cccc(OC(C)C)c3)[C@H]2O)cc(F)c1N)C(F)(F)F. The van der Waals surface area contributed by atoms with Gasteiger partial charge in [-0.05, 0) is 55.7 Å². The molecule has 4 N–H and O–H groups in total. The van der Waals surface area contributed by atoms with Crippen LogP contribution in [0.3, 0.4) is 0 Å². The number of methoxy groups -OCH3 is 1. The smallest absolute Gasteiger partial charge is 0.427 e. The number of rotatable bonds is 11. The van der Waals surface area contributed by atoms with E-state index in [1.54, 1.807) is 0 Å². The van der Waals surface area contributed by atoms with Crippen LogP contribution in [0.4, 0.5) is 23.2 Å². The van der Waals surface area contributed by atoms with Crippen molar-refractivity contribution in [2.45, 2.75) is 57.3 Å². The molecule has 0 unspecified atom stereocenters. The maximum absolute atomic E-state index is 14.5. The average molecular weight is 563 g/mol. The normalized spacial score (nSPS) is 22.9. The zero-order chi connectivity index (χ0) is 28.0. The van der Waals surface area contributed by atoms with E-state index in [2.05, 4.69) is 10.1 Å². The van der Waals surface area contributed by atoms with Crippen LogP contribution in [0, 0.1) is 11.7 Å². The predicted molar refractivity (Wildman–Crippen MR) is 137 cm³/mol. The second-order valence-corrected chi connectivity index (χ2v) is 11.2. The van der Waals surface area contributed by atoms with Crippen LogP contribution in [0.25, 0.3) is 0 Å². The molecule has 0 aromatic heterocycles. The monoisotopic (exact) mass is 562 g/mol. The molecule has 0 amide bonds. The molecule has 0 saturated carbocycles. The summed E-state index contributed by atoms with van der Waals surface area (Å²) in [6, 6.07) is 9.30. The Morgan fingerprint density at radius 3 is 2.55 bits per heavy atom. The first-order chi connectivity index (χ1) is 17.9. The van der Waals surface area contributed by atoms with Crippen molar-refractivity contribution in [3.8, 4) is 11.5 Å². The number of aliphatic hydroxyl groups is 1. The third-order valence-electron chi connectivity index (χ3n) is 6.10. The summed E-state index contributed by atoms with van der Waals surface area (Å²) in [6.07, 6.45) is -7.94. The van der Waals surface area contributed by atoms with Crippen molar-refractivity contribution in [1.29, 1.82) is 0 Å². The molecule has 1 saturated heterocycles. The minimum Gasteiger partial charge on any atom is -0.491 e. The van der Waals surface area contributed by atoms with E-state index in [1.807, 2.05) is 38.1 Å². The molecule has 0 bridgehead atoms. The lowest BCUT2D eigenvalue weighted by molar-refractivity contribution is -0.206. The summed E-state index contributed by atoms with van der Waals surface area (Å²) in [5.41, 5.74) is 6.28. The van der Waals surface area contributed by atoms with Crippen LogP contribution in [-0.4, -0.2) is 65.1 Å². The summed E-state index contributed by atoms with van der Waals surface area (Å²) in [5, 5.41) is 14.3. The number of aliphatic hydroxyl groups excluding tert-OH is 1. The Bertz CT molecular complexity index is 1100. The van der Waals surface area contributed by atoms with E-state index >= 15 is 0 Å². The number of halogens is 4. The Balaban J connectivity index is 1.72. The lowest BCUT2D eigenvalue weighted by atomic mass is 9.91. The molecule has 1 aliphatic heterocycles. The Labute approximate surface area is 222 Å². The molecule has 0 radical (unpaired) electrons. The molecule has 2 aromatic carbocycles. The number of benzene rings is 2. The third-order valence-corrected chi connectivity index (χ3v) is 7.63. The van der Waals surface area contributed by atoms with Gasteiger partial charge >= 0.3 is 6.18 Å². The standard InChI is InChI=1S/C26H34F4N2O5S/c1-15(2)36-19-6-4-5-16(8-19)11-32-21-14-38(34)13-18(25(21)33)7-17-9-20(27)24(31)22(10-17)37-23(12-35-3)26(28,29)30/h4-6,8-10,15,18,21,23,25,32-33H,7,11-14,31H2,1-3H3/t18-,21+,23-,25+,38-/m1/s1. The second-order valence-electron chi connectivity index (χ2n) is 9.62. The topological polar surface area (TPSA) is 103 Å². The Hall–Kier alpha value is -2.41. The van der Waals surface area contributed by atoms with E-state index in [0.717, 1.165) is 18.7 Å². The lowest BCUT2D eigenvalue weighted by Gasteiger charge is -2.35. The van der Waals surface area contributed by atoms with Crippen LogP contribution in [0.1, 0.15) is 25.0 Å². The van der Waals surface area contributed by atoms with Crippen LogP contribution in [0.5, 0.6) is 11.5 Å². The number of anilines is 1. The largest absolute Gasteiger partial charge is 0.491 e. The van der Waals surface area contributed by atoms with Crippen molar-refractivity contribution in [3.05, 3.63) is 53.3 Å². The maximum Gasteiger partial charge on any atom is 0.427 e. The van der Waals surface area contributed by atoms with Crippen LogP contribution < -0.4 is 20.5 Å². The quantitative estimate of drug-likeness (QED) is 0.284. The minimum atomic E-state index is -4.76. The summed E-state index contributed by atoms with van der Waals surface area (Å²) in [7, 11) is -0.175. The second kappa shape index (κ2) is 13.1. The molecular formula is C26H34F4N2O5S. The summed E-state index contributed by atoms with van der Waals surface area (Å²) < 4.78 is 82.3. The van der Waals surface area contributed by atoms with E-state index in [9.17, 15) is 26.9 Å². The number of nitrogens with two attached hydrogens (primary N) is 1. The molecule has 1 heterocycles. The molecule has 3 rings (SSSR count). The fourth-order valence-corrected chi connectivity index (χ4v) is 5.95. The van der Waals surface area contributed by atoms with E-state index < -0.39 is 65.0 Å². The lowest BCUT2D eigenvalue weighted by Crippen LogP contribution is -2.53. The van der Waals surface area contributed by atoms with Gasteiger partial charge in [-0.2, -0.15) is 13.2 Å². The van der Waals surface area contributed by atoms with Gasteiger partial charge in [0.1, 0.15) is 23.0 Å². The molecule has 212 valence electrons. The molecule has 7 nitrogen and oxygen atoms in total. The zero-order valence-corrected chi connectivity index (χ0v) is 22.3. The third kappa shape index (κ3) is 8.29. The van der Waals surface area contributed by atoms with Crippen LogP contribution in [0.2, 0.25) is 0 Å². The fraction of sp³-hybridized carbons (Fsp3) is 0.538. The van der Waals surface area contributed by atoms with Gasteiger partial charge in [0.25, 0.3) is 0 Å². The number of hydrogen-bond acceptors (Lipinski definition) is 7. The van der Waals surface area contributed by atoms with Crippen molar-refractivity contribution >= 4 is 16.5 Å². The molecule has 0 aliphatic carbocycles. The van der Waals surface area contributed by atoms with Crippen LogP contribution in [0.15, 0.2) is 36.4 Å². The van der Waals surface area contributed by atoms with Gasteiger partial charge in [-0.3, -0.25) is 4.21 Å². The Morgan fingerprint density at radius 1 is 1.16 bits per heavy atom. The van der Waals surface area contributed by atoms with Gasteiger partial charge in [-0.25, -0.2) is 4.39 Å². The first kappa shape index (κ1) is 30.1. The van der Waals surface area contributed by atoms with Crippen molar-refractivity contribution in [1.82, 2.24) is 5.32 Å². The Kier molecular flexibility index (Phi) is 10.4. The first-order valence-electron chi connectivity index (χ1n) is 12.2. The van der Waals surface area contributed by atoms with Crippen molar-refractivity contribution < 1.29 is 41.1 Å². The molecule has 12 heteroatoms. The fourth-order valence-electron chi connectivity index (χ4n) is 4.31. The van der Waals surface area contributed by atoms with Gasteiger partial charge in [-0.15, -0.1) is 0 Å². The molecule has 0 spiro atoms. The highest BCUT2D eigenvalue weighted by Gasteiger charge is 2.42. The first-order valence-corrected chi connectivity index (χ1v) is 13.7. The van der Waals surface area contributed by atoms with Crippen molar-refractivity contribution in [2.75, 3.05) is 31.0 Å². The van der Waals surface area contributed by atoms with Crippen LogP contribution >= 0.6 is 0 Å². The maximum atomic E-state index is 14.5. The molecular weight excluding hydrogens is 528 g/mol. The number of nitrogen functional groups attached to an aromatic ring is 1. The predicted octanol–water partition coefficient (Wildman–Crippen LogP) is 3.59. The van der Waals surface area contributed by atoms with Gasteiger partial charge < -0.3 is 30.4 Å². The average Bonchev–Trinajstić information content (AvgIpc) is 2.82. The molecule has 2 aromatic rings. The number of nitrogens with one attached hydrogen (secondary N) is 1. The van der Waals surface area contributed by atoms with Gasteiger partial charge in [0.05, 0.1) is 18.8 Å². The Morgan fingerprint density at radius 2 is 1.89 bits per heavy atom. The zero-order valence-electron chi connectivity index (χ0n) is 21.5. The highest BCUT2D eigenvalue weighted by atomic mass is 32.2. The summed E-state index contributed by atoms with van der Waals surface area (Å²) in [4.78, 5) is 0. The van der Waals surface area contributed by atoms with E-state index in [1.165, 1.54) is 6.07 Å². The van der Waals surface area contributed by atoms with E-state index in [0.29, 0.717) is 12.3 Å². The number of hydrogen-bond donors (Lipinski definition) is 3. The molecule has 1 fully saturated rings. The van der Waals surface area contributed by atoms with Gasteiger partial charge in [0.2, 0.25) is 6.10 Å². The molecule has 5 atom stereocenters. The van der Waals surface area contributed by atoms with E-state index in [4.69, 9.17) is 15.2 Å². The van der Waals surface area contributed by atoms with E-state index in [-0.39, 0.29) is 29.6 Å². The van der Waals surface area contributed by atoms with Crippen LogP contribution in [-0.2, 0) is 28.5 Å². The highest BCUT2D eigenvalue weighted by molar-refractivity contribution is 7.85. The summed E-state index contributed by atoms with van der Waals surface area (Å²) >= 11 is 0. The highest BCUT2D eigenvalue weighted by Crippen LogP contribution is 2.33. The summed E-state index contributed by atoms with van der Waals surface area (Å²) in [5.74, 6) is -0.843. The number of alkyl halides is 3. The minimum absolute atomic E-state index is 0.0185. The molecule has 1 aliphatic rings.